The Hall–Kier alpha value is -0.875. The monoisotopic (exact) mass is 325 g/mol. The molecule has 0 unspecified atom stereocenters. The van der Waals surface area contributed by atoms with Gasteiger partial charge in [0.1, 0.15) is 5.82 Å². The number of likely N-dealkylation sites (N-methyl/N-ethyl adjacent to an activating group) is 1. The number of nitrogens with one attached hydrogen (secondary N) is 1. The van der Waals surface area contributed by atoms with Crippen LogP contribution in [0, 0.1) is 5.82 Å². The largest absolute Gasteiger partial charge is 0.491 e. The van der Waals surface area contributed by atoms with Gasteiger partial charge in [-0.05, 0) is 51.8 Å². The van der Waals surface area contributed by atoms with Gasteiger partial charge < -0.3 is 14.6 Å². The predicted molar refractivity (Wildman–Crippen MR) is 89.4 cm³/mol. The lowest BCUT2D eigenvalue weighted by molar-refractivity contribution is 0.00578. The molecule has 1 aliphatic rings. The number of hydrogen-bond acceptors (Lipinski definition) is 3. The normalized spacial score (nSPS) is 20.5. The van der Waals surface area contributed by atoms with Gasteiger partial charge >= 0.3 is 7.12 Å². The summed E-state index contributed by atoms with van der Waals surface area (Å²) in [5, 5.41) is 3.19. The van der Waals surface area contributed by atoms with E-state index in [1.165, 1.54) is 6.07 Å². The van der Waals surface area contributed by atoms with Gasteiger partial charge in [-0.3, -0.25) is 0 Å². The van der Waals surface area contributed by atoms with Gasteiger partial charge in [0.2, 0.25) is 0 Å². The first kappa shape index (κ1) is 17.5. The summed E-state index contributed by atoms with van der Waals surface area (Å²) in [6, 6.07) is 4.74. The van der Waals surface area contributed by atoms with Gasteiger partial charge in [-0.1, -0.05) is 29.8 Å². The molecule has 3 nitrogen and oxygen atoms in total. The van der Waals surface area contributed by atoms with E-state index in [2.05, 4.69) is 5.32 Å². The van der Waals surface area contributed by atoms with Gasteiger partial charge in [-0.15, -0.1) is 0 Å². The Morgan fingerprint density at radius 3 is 2.41 bits per heavy atom. The molecule has 1 aromatic rings. The van der Waals surface area contributed by atoms with E-state index >= 15 is 0 Å². The van der Waals surface area contributed by atoms with Gasteiger partial charge in [0.15, 0.2) is 0 Å². The van der Waals surface area contributed by atoms with Crippen LogP contribution in [0.5, 0.6) is 0 Å². The molecule has 0 amide bonds. The second kappa shape index (κ2) is 6.32. The molecule has 0 aromatic heterocycles. The lowest BCUT2D eigenvalue weighted by Gasteiger charge is -2.32. The Labute approximate surface area is 137 Å². The molecule has 1 heterocycles. The average molecular weight is 326 g/mol. The molecule has 0 aliphatic carbocycles. The standard InChI is InChI=1S/C16H22BClFNO2/c1-15(2)16(3,4)22-17(21-15)12(10-20-5)9-11-7-6-8-13(19)14(11)18/h6-9,20H,10H2,1-5H3. The summed E-state index contributed by atoms with van der Waals surface area (Å²) in [4.78, 5) is 0. The van der Waals surface area contributed by atoms with Crippen LogP contribution >= 0.6 is 11.6 Å². The van der Waals surface area contributed by atoms with Crippen LogP contribution in [-0.4, -0.2) is 31.9 Å². The zero-order chi connectivity index (χ0) is 16.5. The molecule has 1 N–H and O–H groups in total. The quantitative estimate of drug-likeness (QED) is 0.856. The predicted octanol–water partition coefficient (Wildman–Crippen LogP) is 3.71. The van der Waals surface area contributed by atoms with Crippen LogP contribution in [0.3, 0.4) is 0 Å². The summed E-state index contributed by atoms with van der Waals surface area (Å²) in [7, 11) is 1.35. The van der Waals surface area contributed by atoms with E-state index < -0.39 is 24.1 Å². The van der Waals surface area contributed by atoms with Crippen molar-refractivity contribution >= 4 is 24.8 Å². The molecule has 2 rings (SSSR count). The molecule has 1 aliphatic heterocycles. The highest BCUT2D eigenvalue weighted by molar-refractivity contribution is 6.56. The van der Waals surface area contributed by atoms with E-state index in [1.54, 1.807) is 12.1 Å². The van der Waals surface area contributed by atoms with Crippen LogP contribution in [0.4, 0.5) is 4.39 Å². The molecular weight excluding hydrogens is 303 g/mol. The highest BCUT2D eigenvalue weighted by atomic mass is 35.5. The van der Waals surface area contributed by atoms with Crippen LogP contribution < -0.4 is 5.32 Å². The van der Waals surface area contributed by atoms with Crippen LogP contribution in [0.25, 0.3) is 6.08 Å². The van der Waals surface area contributed by atoms with Gasteiger partial charge in [-0.2, -0.15) is 0 Å². The molecular formula is C16H22BClFNO2. The first-order valence-electron chi connectivity index (χ1n) is 7.32. The molecule has 1 aromatic carbocycles. The molecule has 0 radical (unpaired) electrons. The molecule has 1 fully saturated rings. The third kappa shape index (κ3) is 3.38. The maximum Gasteiger partial charge on any atom is 0.491 e. The van der Waals surface area contributed by atoms with Crippen LogP contribution in [-0.2, 0) is 9.31 Å². The van der Waals surface area contributed by atoms with Crippen LogP contribution in [0.2, 0.25) is 5.02 Å². The van der Waals surface area contributed by atoms with Crippen molar-refractivity contribution in [2.45, 2.75) is 38.9 Å². The molecule has 120 valence electrons. The van der Waals surface area contributed by atoms with Gasteiger partial charge in [0.25, 0.3) is 0 Å². The van der Waals surface area contributed by atoms with Crippen molar-refractivity contribution in [1.82, 2.24) is 5.32 Å². The first-order valence-corrected chi connectivity index (χ1v) is 7.70. The minimum atomic E-state index is -0.489. The molecule has 0 bridgehead atoms. The van der Waals surface area contributed by atoms with Crippen molar-refractivity contribution in [1.29, 1.82) is 0 Å². The zero-order valence-corrected chi connectivity index (χ0v) is 14.4. The fourth-order valence-corrected chi connectivity index (χ4v) is 2.41. The summed E-state index contributed by atoms with van der Waals surface area (Å²) < 4.78 is 25.7. The van der Waals surface area contributed by atoms with E-state index in [0.717, 1.165) is 5.47 Å². The Morgan fingerprint density at radius 1 is 1.27 bits per heavy atom. The van der Waals surface area contributed by atoms with E-state index in [9.17, 15) is 4.39 Å². The second-order valence-electron chi connectivity index (χ2n) is 6.48. The molecule has 0 saturated carbocycles. The molecule has 0 atom stereocenters. The Balaban J connectivity index is 2.35. The SMILES string of the molecule is CNCC(=Cc1cccc(F)c1Cl)B1OC(C)(C)C(C)(C)O1. The minimum Gasteiger partial charge on any atom is -0.400 e. The van der Waals surface area contributed by atoms with Gasteiger partial charge in [0, 0.05) is 6.54 Å². The van der Waals surface area contributed by atoms with E-state index in [0.29, 0.717) is 12.1 Å². The fourth-order valence-electron chi connectivity index (χ4n) is 2.23. The Kier molecular flexibility index (Phi) is 5.02. The lowest BCUT2D eigenvalue weighted by atomic mass is 9.77. The number of benzene rings is 1. The third-order valence-corrected chi connectivity index (χ3v) is 4.66. The summed E-state index contributed by atoms with van der Waals surface area (Å²) in [5.74, 6) is -0.437. The lowest BCUT2D eigenvalue weighted by Crippen LogP contribution is -2.41. The summed E-state index contributed by atoms with van der Waals surface area (Å²) in [6.07, 6.45) is 1.82. The first-order chi connectivity index (χ1) is 10.2. The maximum absolute atomic E-state index is 13.6. The van der Waals surface area contributed by atoms with Crippen molar-refractivity contribution in [3.05, 3.63) is 40.1 Å². The smallest absolute Gasteiger partial charge is 0.400 e. The summed E-state index contributed by atoms with van der Waals surface area (Å²) >= 11 is 6.03. The molecule has 0 spiro atoms. The van der Waals surface area contributed by atoms with E-state index in [-0.39, 0.29) is 5.02 Å². The van der Waals surface area contributed by atoms with Crippen LogP contribution in [0.15, 0.2) is 23.7 Å². The van der Waals surface area contributed by atoms with E-state index in [1.807, 2.05) is 40.8 Å². The number of rotatable bonds is 4. The summed E-state index contributed by atoms with van der Waals surface area (Å²) in [6.45, 7) is 8.56. The third-order valence-electron chi connectivity index (χ3n) is 4.26. The highest BCUT2D eigenvalue weighted by Crippen LogP contribution is 2.39. The Bertz CT molecular complexity index is 574. The average Bonchev–Trinajstić information content (AvgIpc) is 2.63. The van der Waals surface area contributed by atoms with Crippen molar-refractivity contribution in [3.8, 4) is 0 Å². The Morgan fingerprint density at radius 2 is 1.86 bits per heavy atom. The number of hydrogen-bond donors (Lipinski definition) is 1. The second-order valence-corrected chi connectivity index (χ2v) is 6.86. The van der Waals surface area contributed by atoms with Crippen molar-refractivity contribution in [2.24, 2.45) is 0 Å². The highest BCUT2D eigenvalue weighted by Gasteiger charge is 2.52. The van der Waals surface area contributed by atoms with Gasteiger partial charge in [-0.25, -0.2) is 4.39 Å². The van der Waals surface area contributed by atoms with Gasteiger partial charge in [0.05, 0.1) is 16.2 Å². The van der Waals surface area contributed by atoms with Crippen molar-refractivity contribution in [3.63, 3.8) is 0 Å². The van der Waals surface area contributed by atoms with E-state index in [4.69, 9.17) is 20.9 Å². The summed E-state index contributed by atoms with van der Waals surface area (Å²) in [5.41, 5.74) is 0.641. The topological polar surface area (TPSA) is 30.5 Å². The zero-order valence-electron chi connectivity index (χ0n) is 13.7. The fraction of sp³-hybridized carbons (Fsp3) is 0.500. The maximum atomic E-state index is 13.6. The van der Waals surface area contributed by atoms with Crippen molar-refractivity contribution < 1.29 is 13.7 Å². The molecule has 6 heteroatoms. The van der Waals surface area contributed by atoms with Crippen LogP contribution in [0.1, 0.15) is 33.3 Å². The molecule has 22 heavy (non-hydrogen) atoms. The minimum absolute atomic E-state index is 0.104. The molecule has 1 saturated heterocycles. The number of halogens is 2. The van der Waals surface area contributed by atoms with Crippen molar-refractivity contribution in [2.75, 3.05) is 13.6 Å².